The number of unbranched alkanes of at least 4 members (excludes halogenated alkanes) is 2. The number of aliphatic hydroxyl groups is 1. The molecule has 2 N–H and O–H groups in total. The molecule has 1 aromatic rings. The van der Waals surface area contributed by atoms with Gasteiger partial charge in [0, 0.05) is 37.9 Å². The molecule has 40 heavy (non-hydrogen) atoms. The zero-order valence-electron chi connectivity index (χ0n) is 25.3. The topological polar surface area (TPSA) is 96.3 Å². The number of ether oxygens (including phenoxy) is 2. The third-order valence-electron chi connectivity index (χ3n) is 8.44. The Bertz CT molecular complexity index is 941. The van der Waals surface area contributed by atoms with Gasteiger partial charge in [-0.25, -0.2) is 0 Å². The molecule has 1 aliphatic heterocycles. The van der Waals surface area contributed by atoms with E-state index in [0.29, 0.717) is 55.9 Å². The Morgan fingerprint density at radius 3 is 2.52 bits per heavy atom. The zero-order chi connectivity index (χ0) is 29.1. The second-order valence-electron chi connectivity index (χ2n) is 12.5. The number of carbonyl (C=O) groups is 2. The first-order valence-corrected chi connectivity index (χ1v) is 15.8. The SMILES string of the molecule is CCCCCC(O)CC(CCc1cc(CN2C(=O)CCC2CCC(C)C)c(O)c(OC2CCCC2)c1)OC(C)=O. The van der Waals surface area contributed by atoms with Crippen LogP contribution in [0.1, 0.15) is 129 Å². The summed E-state index contributed by atoms with van der Waals surface area (Å²) in [6.07, 6.45) is 12.3. The summed E-state index contributed by atoms with van der Waals surface area (Å²) in [4.78, 5) is 26.6. The molecule has 0 spiro atoms. The number of rotatable bonds is 17. The number of nitrogens with zero attached hydrogens (tertiary/aromatic N) is 1. The highest BCUT2D eigenvalue weighted by atomic mass is 16.5. The lowest BCUT2D eigenvalue weighted by molar-refractivity contribution is -0.148. The summed E-state index contributed by atoms with van der Waals surface area (Å²) in [5, 5.41) is 21.8. The molecule has 0 bridgehead atoms. The van der Waals surface area contributed by atoms with E-state index in [1.54, 1.807) is 0 Å². The van der Waals surface area contributed by atoms with E-state index < -0.39 is 6.10 Å². The van der Waals surface area contributed by atoms with Crippen molar-refractivity contribution in [1.82, 2.24) is 4.90 Å². The number of aliphatic hydroxyl groups excluding tert-OH is 1. The smallest absolute Gasteiger partial charge is 0.302 e. The van der Waals surface area contributed by atoms with Gasteiger partial charge in [-0.05, 0) is 81.8 Å². The standard InChI is InChI=1S/C33H53NO6/c1-5-6-7-10-28(36)21-30(39-24(4)35)17-14-25-19-26(33(38)31(20-25)40-29-11-8-9-12-29)22-34-27(15-13-23(2)3)16-18-32(34)37/h19-20,23,27-30,36,38H,5-18,21-22H2,1-4H3. The van der Waals surface area contributed by atoms with E-state index in [1.807, 2.05) is 17.0 Å². The number of likely N-dealkylation sites (tertiary alicyclic amines) is 1. The molecule has 2 aliphatic rings. The molecule has 3 atom stereocenters. The fraction of sp³-hybridized carbons (Fsp3) is 0.758. The van der Waals surface area contributed by atoms with Crippen LogP contribution in [0.25, 0.3) is 0 Å². The molecule has 3 rings (SSSR count). The van der Waals surface area contributed by atoms with Gasteiger partial charge in [0.15, 0.2) is 11.5 Å². The number of phenols is 1. The van der Waals surface area contributed by atoms with E-state index in [9.17, 15) is 19.8 Å². The third kappa shape index (κ3) is 10.3. The Kier molecular flexibility index (Phi) is 13.1. The van der Waals surface area contributed by atoms with Crippen molar-refractivity contribution in [1.29, 1.82) is 0 Å². The molecule has 7 heteroatoms. The van der Waals surface area contributed by atoms with Crippen molar-refractivity contribution >= 4 is 11.9 Å². The van der Waals surface area contributed by atoms with Crippen molar-refractivity contribution in [3.8, 4) is 11.5 Å². The van der Waals surface area contributed by atoms with E-state index in [1.165, 1.54) is 6.92 Å². The largest absolute Gasteiger partial charge is 0.504 e. The van der Waals surface area contributed by atoms with Gasteiger partial charge in [0.25, 0.3) is 0 Å². The van der Waals surface area contributed by atoms with Gasteiger partial charge < -0.3 is 24.6 Å². The highest BCUT2D eigenvalue weighted by Crippen LogP contribution is 2.38. The highest BCUT2D eigenvalue weighted by Gasteiger charge is 2.32. The molecule has 1 saturated heterocycles. The molecule has 7 nitrogen and oxygen atoms in total. The van der Waals surface area contributed by atoms with Gasteiger partial charge in [0.1, 0.15) is 6.10 Å². The summed E-state index contributed by atoms with van der Waals surface area (Å²) in [5.74, 6) is 0.983. The maximum absolute atomic E-state index is 12.8. The van der Waals surface area contributed by atoms with Crippen molar-refractivity contribution in [2.24, 2.45) is 5.92 Å². The van der Waals surface area contributed by atoms with Crippen molar-refractivity contribution in [2.75, 3.05) is 0 Å². The average molecular weight is 560 g/mol. The number of hydrogen-bond acceptors (Lipinski definition) is 6. The molecule has 1 aliphatic carbocycles. The number of amides is 1. The lowest BCUT2D eigenvalue weighted by atomic mass is 9.98. The van der Waals surface area contributed by atoms with Crippen molar-refractivity contribution < 1.29 is 29.3 Å². The molecular weight excluding hydrogens is 506 g/mol. The number of phenolic OH excluding ortho intramolecular Hbond substituents is 1. The molecule has 1 heterocycles. The van der Waals surface area contributed by atoms with Crippen LogP contribution in [-0.4, -0.2) is 51.3 Å². The molecule has 1 saturated carbocycles. The van der Waals surface area contributed by atoms with Crippen LogP contribution >= 0.6 is 0 Å². The molecule has 1 aromatic carbocycles. The molecule has 226 valence electrons. The molecule has 0 radical (unpaired) electrons. The van der Waals surface area contributed by atoms with Crippen LogP contribution in [-0.2, 0) is 27.3 Å². The van der Waals surface area contributed by atoms with E-state index in [2.05, 4.69) is 20.8 Å². The molecular formula is C33H53NO6. The Balaban J connectivity index is 1.78. The second kappa shape index (κ2) is 16.2. The van der Waals surface area contributed by atoms with Gasteiger partial charge in [-0.2, -0.15) is 0 Å². The molecule has 1 amide bonds. The Morgan fingerprint density at radius 2 is 1.85 bits per heavy atom. The van der Waals surface area contributed by atoms with Crippen LogP contribution in [0.4, 0.5) is 0 Å². The van der Waals surface area contributed by atoms with Crippen LogP contribution in [0.15, 0.2) is 12.1 Å². The normalized spacial score (nSPS) is 19.4. The predicted molar refractivity (Wildman–Crippen MR) is 157 cm³/mol. The summed E-state index contributed by atoms with van der Waals surface area (Å²) in [7, 11) is 0. The van der Waals surface area contributed by atoms with Crippen LogP contribution in [0.5, 0.6) is 11.5 Å². The number of aryl methyl sites for hydroxylation is 1. The van der Waals surface area contributed by atoms with Crippen LogP contribution in [0, 0.1) is 5.92 Å². The summed E-state index contributed by atoms with van der Waals surface area (Å²) >= 11 is 0. The number of hydrogen-bond donors (Lipinski definition) is 2. The monoisotopic (exact) mass is 559 g/mol. The Hall–Kier alpha value is -2.28. The number of aromatic hydroxyl groups is 1. The third-order valence-corrected chi connectivity index (χ3v) is 8.44. The number of esters is 1. The van der Waals surface area contributed by atoms with Crippen molar-refractivity contribution in [2.45, 2.75) is 155 Å². The fourth-order valence-corrected chi connectivity index (χ4v) is 6.13. The zero-order valence-corrected chi connectivity index (χ0v) is 25.3. The Morgan fingerprint density at radius 1 is 1.10 bits per heavy atom. The number of carbonyl (C=O) groups excluding carboxylic acids is 2. The number of benzene rings is 1. The average Bonchev–Trinajstić information content (AvgIpc) is 3.53. The van der Waals surface area contributed by atoms with Gasteiger partial charge in [-0.15, -0.1) is 0 Å². The summed E-state index contributed by atoms with van der Waals surface area (Å²) in [5.41, 5.74) is 1.68. The van der Waals surface area contributed by atoms with Crippen LogP contribution < -0.4 is 4.74 Å². The van der Waals surface area contributed by atoms with Gasteiger partial charge in [0.05, 0.1) is 12.2 Å². The maximum atomic E-state index is 12.8. The van der Waals surface area contributed by atoms with Gasteiger partial charge in [0.2, 0.25) is 5.91 Å². The first kappa shape index (κ1) is 32.2. The van der Waals surface area contributed by atoms with Gasteiger partial charge in [-0.1, -0.05) is 46.1 Å². The van der Waals surface area contributed by atoms with E-state index in [0.717, 1.165) is 69.8 Å². The lowest BCUT2D eigenvalue weighted by Gasteiger charge is -2.27. The first-order chi connectivity index (χ1) is 19.2. The molecule has 0 aromatic heterocycles. The first-order valence-electron chi connectivity index (χ1n) is 15.8. The molecule has 2 fully saturated rings. The van der Waals surface area contributed by atoms with Gasteiger partial charge >= 0.3 is 5.97 Å². The summed E-state index contributed by atoms with van der Waals surface area (Å²) < 4.78 is 11.9. The fourth-order valence-electron chi connectivity index (χ4n) is 6.13. The molecule has 3 unspecified atom stereocenters. The van der Waals surface area contributed by atoms with E-state index in [4.69, 9.17) is 9.47 Å². The minimum atomic E-state index is -0.503. The summed E-state index contributed by atoms with van der Waals surface area (Å²) in [6.45, 7) is 8.32. The minimum Gasteiger partial charge on any atom is -0.504 e. The quantitative estimate of drug-likeness (QED) is 0.160. The second-order valence-corrected chi connectivity index (χ2v) is 12.5. The summed E-state index contributed by atoms with van der Waals surface area (Å²) in [6, 6.07) is 4.08. The van der Waals surface area contributed by atoms with Crippen LogP contribution in [0.2, 0.25) is 0 Å². The Labute approximate surface area is 241 Å². The van der Waals surface area contributed by atoms with Crippen LogP contribution in [0.3, 0.4) is 0 Å². The van der Waals surface area contributed by atoms with E-state index in [-0.39, 0.29) is 35.9 Å². The van der Waals surface area contributed by atoms with Gasteiger partial charge in [-0.3, -0.25) is 9.59 Å². The minimum absolute atomic E-state index is 0.0910. The lowest BCUT2D eigenvalue weighted by Crippen LogP contribution is -2.32. The van der Waals surface area contributed by atoms with E-state index >= 15 is 0 Å². The van der Waals surface area contributed by atoms with Crippen molar-refractivity contribution in [3.05, 3.63) is 23.3 Å². The predicted octanol–water partition coefficient (Wildman–Crippen LogP) is 6.84. The highest BCUT2D eigenvalue weighted by molar-refractivity contribution is 5.79. The maximum Gasteiger partial charge on any atom is 0.302 e. The van der Waals surface area contributed by atoms with Crippen molar-refractivity contribution in [3.63, 3.8) is 0 Å².